The molecule has 2 rings (SSSR count). The summed E-state index contributed by atoms with van der Waals surface area (Å²) < 4.78 is 19.9. The van der Waals surface area contributed by atoms with Crippen LogP contribution >= 0.6 is 27.5 Å². The zero-order chi connectivity index (χ0) is 14.7. The van der Waals surface area contributed by atoms with Gasteiger partial charge in [0.25, 0.3) is 5.69 Å². The topological polar surface area (TPSA) is 52.4 Å². The van der Waals surface area contributed by atoms with Crippen LogP contribution in [0.15, 0.2) is 40.9 Å². The summed E-state index contributed by atoms with van der Waals surface area (Å²) in [7, 11) is 0. The van der Waals surface area contributed by atoms with Crippen LogP contribution in [0.25, 0.3) is 0 Å². The van der Waals surface area contributed by atoms with Crippen LogP contribution < -0.4 is 4.74 Å². The van der Waals surface area contributed by atoms with E-state index in [2.05, 4.69) is 15.9 Å². The van der Waals surface area contributed by atoms with E-state index < -0.39 is 10.7 Å². The molecule has 0 fully saturated rings. The zero-order valence-corrected chi connectivity index (χ0v) is 12.3. The van der Waals surface area contributed by atoms with E-state index in [1.807, 2.05) is 0 Å². The van der Waals surface area contributed by atoms with Gasteiger partial charge >= 0.3 is 0 Å². The second-order valence-corrected chi connectivity index (χ2v) is 5.04. The van der Waals surface area contributed by atoms with Crippen molar-refractivity contribution in [2.75, 3.05) is 0 Å². The molecule has 0 aliphatic heterocycles. The predicted molar refractivity (Wildman–Crippen MR) is 76.8 cm³/mol. The largest absolute Gasteiger partial charge is 0.454 e. The van der Waals surface area contributed by atoms with Gasteiger partial charge in [0.05, 0.1) is 16.9 Å². The van der Waals surface area contributed by atoms with Crippen molar-refractivity contribution in [3.63, 3.8) is 0 Å². The Kier molecular flexibility index (Phi) is 4.57. The summed E-state index contributed by atoms with van der Waals surface area (Å²) in [5.74, 6) is -0.307. The van der Waals surface area contributed by atoms with Crippen molar-refractivity contribution < 1.29 is 14.1 Å². The lowest BCUT2D eigenvalue weighted by Crippen LogP contribution is -1.94. The highest BCUT2D eigenvalue weighted by molar-refractivity contribution is 9.10. The Bertz CT molecular complexity index is 666. The number of halogens is 3. The summed E-state index contributed by atoms with van der Waals surface area (Å²) in [6.07, 6.45) is 0. The fourth-order valence-electron chi connectivity index (χ4n) is 1.54. The lowest BCUT2D eigenvalue weighted by atomic mass is 10.2. The summed E-state index contributed by atoms with van der Waals surface area (Å²) in [6.45, 7) is 0. The molecule has 0 aromatic heterocycles. The third-order valence-corrected chi connectivity index (χ3v) is 3.30. The Morgan fingerprint density at radius 3 is 2.60 bits per heavy atom. The number of non-ortho nitro benzene ring substituents is 1. The minimum atomic E-state index is -0.806. The fraction of sp³-hybridized carbons (Fsp3) is 0.0769. The summed E-state index contributed by atoms with van der Waals surface area (Å²) in [5, 5.41) is 10.5. The van der Waals surface area contributed by atoms with Gasteiger partial charge in [0.1, 0.15) is 5.75 Å². The number of hydrogen-bond donors (Lipinski definition) is 0. The zero-order valence-electron chi connectivity index (χ0n) is 9.98. The van der Waals surface area contributed by atoms with E-state index in [0.29, 0.717) is 11.3 Å². The molecule has 0 aliphatic rings. The third kappa shape index (κ3) is 3.26. The minimum Gasteiger partial charge on any atom is -0.454 e. The first-order chi connectivity index (χ1) is 9.51. The average molecular weight is 361 g/mol. The van der Waals surface area contributed by atoms with Gasteiger partial charge in [-0.25, -0.2) is 4.39 Å². The molecule has 0 radical (unpaired) electrons. The van der Waals surface area contributed by atoms with Crippen LogP contribution in [-0.4, -0.2) is 4.92 Å². The molecule has 0 saturated carbocycles. The van der Waals surface area contributed by atoms with Gasteiger partial charge in [-0.2, -0.15) is 0 Å². The number of nitrogens with zero attached hydrogens (tertiary/aromatic N) is 1. The van der Waals surface area contributed by atoms with Crippen molar-refractivity contribution in [1.82, 2.24) is 0 Å². The molecule has 104 valence electrons. The van der Waals surface area contributed by atoms with E-state index in [-0.39, 0.29) is 17.3 Å². The van der Waals surface area contributed by atoms with Crippen molar-refractivity contribution in [1.29, 1.82) is 0 Å². The maximum Gasteiger partial charge on any atom is 0.272 e. The Labute approximate surface area is 127 Å². The molecular formula is C13H8BrClFNO3. The second kappa shape index (κ2) is 6.19. The molecule has 0 heterocycles. The van der Waals surface area contributed by atoms with Gasteiger partial charge in [-0.3, -0.25) is 10.1 Å². The number of nitro groups is 1. The van der Waals surface area contributed by atoms with Gasteiger partial charge in [-0.15, -0.1) is 11.6 Å². The van der Waals surface area contributed by atoms with Gasteiger partial charge in [0.15, 0.2) is 11.6 Å². The number of alkyl halides is 1. The highest BCUT2D eigenvalue weighted by Crippen LogP contribution is 2.32. The molecule has 0 spiro atoms. The molecule has 0 amide bonds. The molecule has 0 unspecified atom stereocenters. The molecule has 7 heteroatoms. The van der Waals surface area contributed by atoms with Crippen molar-refractivity contribution in [3.8, 4) is 11.5 Å². The molecule has 0 bridgehead atoms. The predicted octanol–water partition coefficient (Wildman–Crippen LogP) is 5.03. The third-order valence-electron chi connectivity index (χ3n) is 2.52. The summed E-state index contributed by atoms with van der Waals surface area (Å²) in [5.41, 5.74) is 0.356. The van der Waals surface area contributed by atoms with Crippen molar-refractivity contribution in [2.45, 2.75) is 5.88 Å². The van der Waals surface area contributed by atoms with Crippen molar-refractivity contribution >= 4 is 33.2 Å². The van der Waals surface area contributed by atoms with Crippen LogP contribution in [0, 0.1) is 15.9 Å². The molecular weight excluding hydrogens is 353 g/mol. The Morgan fingerprint density at radius 2 is 2.00 bits per heavy atom. The van der Waals surface area contributed by atoms with E-state index >= 15 is 0 Å². The van der Waals surface area contributed by atoms with Crippen LogP contribution in [0.3, 0.4) is 0 Å². The van der Waals surface area contributed by atoms with Gasteiger partial charge in [-0.05, 0) is 18.2 Å². The van der Waals surface area contributed by atoms with E-state index in [9.17, 15) is 14.5 Å². The molecule has 0 saturated heterocycles. The SMILES string of the molecule is O=[N+]([O-])c1ccc(Oc2cc(Br)ccc2CCl)c(F)c1. The lowest BCUT2D eigenvalue weighted by molar-refractivity contribution is -0.385. The number of benzene rings is 2. The quantitative estimate of drug-likeness (QED) is 0.436. The molecule has 2 aromatic rings. The summed E-state index contributed by atoms with van der Waals surface area (Å²) in [4.78, 5) is 9.87. The van der Waals surface area contributed by atoms with Gasteiger partial charge < -0.3 is 4.74 Å². The summed E-state index contributed by atoms with van der Waals surface area (Å²) in [6, 6.07) is 8.39. The second-order valence-electron chi connectivity index (χ2n) is 3.86. The Hall–Kier alpha value is -1.66. The number of nitro benzene ring substituents is 1. The van der Waals surface area contributed by atoms with Crippen LogP contribution in [-0.2, 0) is 5.88 Å². The van der Waals surface area contributed by atoms with Crippen LogP contribution in [0.4, 0.5) is 10.1 Å². The van der Waals surface area contributed by atoms with Crippen molar-refractivity contribution in [3.05, 3.63) is 62.4 Å². The molecule has 2 aromatic carbocycles. The van der Waals surface area contributed by atoms with E-state index in [1.165, 1.54) is 12.1 Å². The smallest absolute Gasteiger partial charge is 0.272 e. The first kappa shape index (κ1) is 14.7. The average Bonchev–Trinajstić information content (AvgIpc) is 2.41. The molecule has 0 N–H and O–H groups in total. The van der Waals surface area contributed by atoms with E-state index in [0.717, 1.165) is 10.5 Å². The Balaban J connectivity index is 2.35. The normalized spacial score (nSPS) is 10.3. The number of rotatable bonds is 4. The monoisotopic (exact) mass is 359 g/mol. The van der Waals surface area contributed by atoms with Gasteiger partial charge in [0, 0.05) is 16.1 Å². The Morgan fingerprint density at radius 1 is 1.25 bits per heavy atom. The first-order valence-electron chi connectivity index (χ1n) is 5.47. The molecule has 20 heavy (non-hydrogen) atoms. The number of ether oxygens (including phenoxy) is 1. The number of hydrogen-bond acceptors (Lipinski definition) is 3. The maximum absolute atomic E-state index is 13.8. The van der Waals surface area contributed by atoms with Gasteiger partial charge in [-0.1, -0.05) is 22.0 Å². The minimum absolute atomic E-state index is 0.0972. The van der Waals surface area contributed by atoms with Crippen molar-refractivity contribution in [2.24, 2.45) is 0 Å². The highest BCUT2D eigenvalue weighted by Gasteiger charge is 2.13. The standard InChI is InChI=1S/C13H8BrClFNO3/c14-9-2-1-8(7-15)13(5-9)20-12-4-3-10(17(18)19)6-11(12)16/h1-6H,7H2. The molecule has 0 aliphatic carbocycles. The van der Waals surface area contributed by atoms with Crippen LogP contribution in [0.1, 0.15) is 5.56 Å². The van der Waals surface area contributed by atoms with Crippen LogP contribution in [0.2, 0.25) is 0 Å². The molecule has 0 atom stereocenters. The van der Waals surface area contributed by atoms with Gasteiger partial charge in [0.2, 0.25) is 0 Å². The summed E-state index contributed by atoms with van der Waals surface area (Å²) >= 11 is 9.06. The fourth-order valence-corrected chi connectivity index (χ4v) is 2.10. The first-order valence-corrected chi connectivity index (χ1v) is 6.80. The highest BCUT2D eigenvalue weighted by atomic mass is 79.9. The maximum atomic E-state index is 13.8. The lowest BCUT2D eigenvalue weighted by Gasteiger charge is -2.10. The van der Waals surface area contributed by atoms with E-state index in [1.54, 1.807) is 18.2 Å². The van der Waals surface area contributed by atoms with E-state index in [4.69, 9.17) is 16.3 Å². The van der Waals surface area contributed by atoms with Crippen LogP contribution in [0.5, 0.6) is 11.5 Å². The molecule has 4 nitrogen and oxygen atoms in total.